The van der Waals surface area contributed by atoms with E-state index in [1.165, 1.54) is 11.9 Å². The molecule has 7 nitrogen and oxygen atoms in total. The lowest BCUT2D eigenvalue weighted by Crippen LogP contribution is -2.48. The van der Waals surface area contributed by atoms with E-state index in [0.29, 0.717) is 5.84 Å². The summed E-state index contributed by atoms with van der Waals surface area (Å²) in [5, 5.41) is 4.98. The molecule has 1 aromatic carbocycles. The Morgan fingerprint density at radius 2 is 1.87 bits per heavy atom. The van der Waals surface area contributed by atoms with Crippen LogP contribution in [0.25, 0.3) is 0 Å². The molecule has 1 unspecified atom stereocenters. The number of hydrogen-bond donors (Lipinski definition) is 2. The zero-order valence-electron chi connectivity index (χ0n) is 14.5. The molecule has 0 aliphatic carbocycles. The number of fused-ring (bicyclic) bond motifs is 1. The van der Waals surface area contributed by atoms with Gasteiger partial charge in [-0.2, -0.15) is 0 Å². The van der Waals surface area contributed by atoms with E-state index in [2.05, 4.69) is 15.6 Å². The van der Waals surface area contributed by atoms with Gasteiger partial charge in [-0.05, 0) is 12.1 Å². The summed E-state index contributed by atoms with van der Waals surface area (Å²) in [6.07, 6.45) is -0.959. The second kappa shape index (κ2) is 8.17. The lowest BCUT2D eigenvalue weighted by atomic mass is 10.1. The highest BCUT2D eigenvalue weighted by atomic mass is 16.2. The van der Waals surface area contributed by atoms with Crippen molar-refractivity contribution in [1.82, 2.24) is 15.5 Å². The van der Waals surface area contributed by atoms with Crippen molar-refractivity contribution >= 4 is 23.5 Å². The highest BCUT2D eigenvalue weighted by Crippen LogP contribution is 2.24. The second-order valence-corrected chi connectivity index (χ2v) is 4.89. The molecule has 2 rings (SSSR count). The Labute approximate surface area is 137 Å². The van der Waals surface area contributed by atoms with Gasteiger partial charge in [-0.3, -0.25) is 4.79 Å². The number of benzene rings is 1. The van der Waals surface area contributed by atoms with Crippen LogP contribution in [0.4, 0.5) is 10.5 Å². The molecule has 7 heteroatoms. The molecule has 0 saturated heterocycles. The van der Waals surface area contributed by atoms with E-state index in [0.717, 1.165) is 11.3 Å². The number of hydrogen-bond acceptors (Lipinski definition) is 4. The minimum Gasteiger partial charge on any atom is -0.362 e. The van der Waals surface area contributed by atoms with Gasteiger partial charge < -0.3 is 20.4 Å². The second-order valence-electron chi connectivity index (χ2n) is 4.89. The maximum Gasteiger partial charge on any atom is 0.316 e. The van der Waals surface area contributed by atoms with E-state index in [-0.39, 0.29) is 5.91 Å². The van der Waals surface area contributed by atoms with Gasteiger partial charge in [-0.25, -0.2) is 9.79 Å². The molecule has 0 bridgehead atoms. The molecule has 1 heterocycles. The summed E-state index contributed by atoms with van der Waals surface area (Å²) >= 11 is 0. The summed E-state index contributed by atoms with van der Waals surface area (Å²) in [5.41, 5.74) is 1.61. The molecule has 23 heavy (non-hydrogen) atoms. The highest BCUT2D eigenvalue weighted by molar-refractivity contribution is 6.11. The van der Waals surface area contributed by atoms with Crippen LogP contribution in [-0.2, 0) is 4.79 Å². The van der Waals surface area contributed by atoms with Crippen LogP contribution in [0, 0.1) is 0 Å². The van der Waals surface area contributed by atoms with E-state index in [1.54, 1.807) is 7.05 Å². The van der Waals surface area contributed by atoms with Crippen molar-refractivity contribution in [3.63, 3.8) is 0 Å². The van der Waals surface area contributed by atoms with Crippen LogP contribution in [0.3, 0.4) is 0 Å². The van der Waals surface area contributed by atoms with Gasteiger partial charge in [-0.1, -0.05) is 26.0 Å². The van der Waals surface area contributed by atoms with E-state index in [9.17, 15) is 9.59 Å². The third-order valence-electron chi connectivity index (χ3n) is 3.24. The quantitative estimate of drug-likeness (QED) is 0.818. The van der Waals surface area contributed by atoms with Gasteiger partial charge in [0.2, 0.25) is 6.17 Å². The number of nitrogens with one attached hydrogen (secondary N) is 2. The molecular formula is C16H25N5O2. The molecule has 0 aromatic heterocycles. The molecule has 1 aromatic rings. The van der Waals surface area contributed by atoms with Crippen LogP contribution in [0.15, 0.2) is 29.3 Å². The van der Waals surface area contributed by atoms with Crippen molar-refractivity contribution in [1.29, 1.82) is 0 Å². The normalized spacial score (nSPS) is 16.3. The zero-order valence-corrected chi connectivity index (χ0v) is 14.5. The largest absolute Gasteiger partial charge is 0.362 e. The summed E-state index contributed by atoms with van der Waals surface area (Å²) in [7, 11) is 6.87. The standard InChI is InChI=1S/C14H19N5O2.C2H6/c1-15-14(21)17-11-13(20)19(4)10-8-6-5-7-9(10)12(16-11)18(2)3;1-2/h5-8,11H,1-4H3,(H2,15,17,21);1-2H3. The molecule has 1 aliphatic heterocycles. The monoisotopic (exact) mass is 319 g/mol. The molecule has 0 radical (unpaired) electrons. The number of likely N-dealkylation sites (N-methyl/N-ethyl adjacent to an activating group) is 1. The molecule has 1 aliphatic rings. The van der Waals surface area contributed by atoms with Gasteiger partial charge in [0.05, 0.1) is 5.69 Å². The third-order valence-corrected chi connectivity index (χ3v) is 3.24. The highest BCUT2D eigenvalue weighted by Gasteiger charge is 2.30. The summed E-state index contributed by atoms with van der Waals surface area (Å²) < 4.78 is 0. The lowest BCUT2D eigenvalue weighted by Gasteiger charge is -2.20. The summed E-state index contributed by atoms with van der Waals surface area (Å²) in [6.45, 7) is 4.00. The first-order valence-electron chi connectivity index (χ1n) is 7.56. The molecule has 3 amide bonds. The van der Waals surface area contributed by atoms with E-state index in [1.807, 2.05) is 57.1 Å². The van der Waals surface area contributed by atoms with Gasteiger partial charge >= 0.3 is 6.03 Å². The SMILES string of the molecule is CC.CNC(=O)NC1N=C(N(C)C)c2ccccc2N(C)C1=O. The van der Waals surface area contributed by atoms with E-state index in [4.69, 9.17) is 0 Å². The number of amidine groups is 1. The number of carbonyl (C=O) groups excluding carboxylic acids is 2. The van der Waals surface area contributed by atoms with Gasteiger partial charge in [0.15, 0.2) is 0 Å². The number of rotatable bonds is 1. The number of anilines is 1. The van der Waals surface area contributed by atoms with Crippen LogP contribution in [0.2, 0.25) is 0 Å². The predicted molar refractivity (Wildman–Crippen MR) is 92.8 cm³/mol. The van der Waals surface area contributed by atoms with E-state index < -0.39 is 12.2 Å². The topological polar surface area (TPSA) is 77.0 Å². The Morgan fingerprint density at radius 3 is 2.43 bits per heavy atom. The number of amides is 3. The summed E-state index contributed by atoms with van der Waals surface area (Å²) in [4.78, 5) is 31.8. The number of para-hydroxylation sites is 1. The van der Waals surface area contributed by atoms with E-state index >= 15 is 0 Å². The van der Waals surface area contributed by atoms with Crippen molar-refractivity contribution in [3.8, 4) is 0 Å². The predicted octanol–water partition coefficient (Wildman–Crippen LogP) is 1.25. The first-order chi connectivity index (χ1) is 11.0. The summed E-state index contributed by atoms with van der Waals surface area (Å²) in [5.74, 6) is 0.354. The van der Waals surface area contributed by atoms with Crippen molar-refractivity contribution in [2.75, 3.05) is 33.1 Å². The first kappa shape index (κ1) is 18.5. The van der Waals surface area contributed by atoms with Gasteiger partial charge in [0.1, 0.15) is 5.84 Å². The first-order valence-corrected chi connectivity index (χ1v) is 7.56. The Kier molecular flexibility index (Phi) is 6.56. The number of aliphatic imine (C=N–C) groups is 1. The average Bonchev–Trinajstić information content (AvgIpc) is 2.67. The molecular weight excluding hydrogens is 294 g/mol. The fourth-order valence-corrected chi connectivity index (χ4v) is 2.15. The zero-order chi connectivity index (χ0) is 17.6. The van der Waals surface area contributed by atoms with Crippen LogP contribution in [0.1, 0.15) is 19.4 Å². The van der Waals surface area contributed by atoms with Crippen molar-refractivity contribution < 1.29 is 9.59 Å². The van der Waals surface area contributed by atoms with Gasteiger partial charge in [-0.15, -0.1) is 0 Å². The van der Waals surface area contributed by atoms with Crippen LogP contribution >= 0.6 is 0 Å². The van der Waals surface area contributed by atoms with Gasteiger partial charge in [0.25, 0.3) is 5.91 Å². The van der Waals surface area contributed by atoms with Crippen LogP contribution in [0.5, 0.6) is 0 Å². The Bertz CT molecular complexity index is 598. The average molecular weight is 319 g/mol. The molecule has 0 saturated carbocycles. The molecule has 1 atom stereocenters. The molecule has 0 fully saturated rings. The lowest BCUT2D eigenvalue weighted by molar-refractivity contribution is -0.119. The Morgan fingerprint density at radius 1 is 1.26 bits per heavy atom. The Hall–Kier alpha value is -2.57. The molecule has 0 spiro atoms. The van der Waals surface area contributed by atoms with Crippen LogP contribution < -0.4 is 15.5 Å². The number of benzodiazepines with no additional fused rings is 1. The maximum absolute atomic E-state index is 12.5. The van der Waals surface area contributed by atoms with Crippen LogP contribution in [-0.4, -0.2) is 57.0 Å². The molecule has 126 valence electrons. The minimum atomic E-state index is -0.959. The van der Waals surface area contributed by atoms with Crippen molar-refractivity contribution in [2.45, 2.75) is 20.0 Å². The third kappa shape index (κ3) is 4.00. The number of carbonyl (C=O) groups is 2. The van der Waals surface area contributed by atoms with Crippen molar-refractivity contribution in [3.05, 3.63) is 29.8 Å². The summed E-state index contributed by atoms with van der Waals surface area (Å²) in [6, 6.07) is 7.06. The van der Waals surface area contributed by atoms with Gasteiger partial charge in [0, 0.05) is 33.8 Å². The smallest absolute Gasteiger partial charge is 0.316 e. The van der Waals surface area contributed by atoms with Crippen molar-refractivity contribution in [2.24, 2.45) is 4.99 Å². The molecule has 2 N–H and O–H groups in total. The maximum atomic E-state index is 12.5. The minimum absolute atomic E-state index is 0.289. The fourth-order valence-electron chi connectivity index (χ4n) is 2.15. The fraction of sp³-hybridized carbons (Fsp3) is 0.438. The number of nitrogens with zero attached hydrogens (tertiary/aromatic N) is 3. The Balaban J connectivity index is 0.00000127. The number of urea groups is 1.